The van der Waals surface area contributed by atoms with Gasteiger partial charge in [-0.05, 0) is 30.3 Å². The monoisotopic (exact) mass is 346 g/mol. The fraction of sp³-hybridized carbons (Fsp3) is 0.0714. The average molecular weight is 347 g/mol. The van der Waals surface area contributed by atoms with Gasteiger partial charge in [0, 0.05) is 10.0 Å². The summed E-state index contributed by atoms with van der Waals surface area (Å²) in [5.74, 6) is -1.58. The molecule has 0 aliphatic carbocycles. The molecule has 0 bridgehead atoms. The number of benzene rings is 2. The lowest BCUT2D eigenvalue weighted by Gasteiger charge is -2.08. The minimum absolute atomic E-state index is 0.211. The molecule has 0 saturated heterocycles. The summed E-state index contributed by atoms with van der Waals surface area (Å²) in [6.07, 6.45) is -4.55. The molecule has 1 nitrogen and oxygen atoms in total. The Bertz CT molecular complexity index is 664. The van der Waals surface area contributed by atoms with E-state index in [0.717, 1.165) is 18.2 Å². The van der Waals surface area contributed by atoms with Gasteiger partial charge in [-0.15, -0.1) is 0 Å². The number of carbonyl (C=O) groups excluding carboxylic acids is 1. The highest BCUT2D eigenvalue weighted by Gasteiger charge is 2.31. The minimum atomic E-state index is -4.55. The Balaban J connectivity index is 2.46. The Morgan fingerprint density at radius 2 is 1.75 bits per heavy atom. The fourth-order valence-corrected chi connectivity index (χ4v) is 2.02. The molecule has 0 amide bonds. The van der Waals surface area contributed by atoms with Crippen molar-refractivity contribution < 1.29 is 22.4 Å². The molecular weight excluding hydrogens is 340 g/mol. The third kappa shape index (κ3) is 3.07. The van der Waals surface area contributed by atoms with Crippen molar-refractivity contribution in [1.29, 1.82) is 0 Å². The number of carbonyl (C=O) groups is 1. The lowest BCUT2D eigenvalue weighted by Crippen LogP contribution is -2.09. The van der Waals surface area contributed by atoms with Crippen LogP contribution in [0.5, 0.6) is 0 Å². The average Bonchev–Trinajstić information content (AvgIpc) is 2.40. The molecule has 0 N–H and O–H groups in total. The van der Waals surface area contributed by atoms with E-state index in [-0.39, 0.29) is 11.1 Å². The van der Waals surface area contributed by atoms with E-state index in [1.807, 2.05) is 0 Å². The zero-order valence-corrected chi connectivity index (χ0v) is 11.4. The van der Waals surface area contributed by atoms with Crippen molar-refractivity contribution in [2.75, 3.05) is 0 Å². The Hall–Kier alpha value is -1.69. The molecule has 0 radical (unpaired) electrons. The van der Waals surface area contributed by atoms with Gasteiger partial charge < -0.3 is 0 Å². The maximum atomic E-state index is 13.6. The van der Waals surface area contributed by atoms with Crippen LogP contribution < -0.4 is 0 Å². The summed E-state index contributed by atoms with van der Waals surface area (Å²) in [5.41, 5.74) is -1.44. The van der Waals surface area contributed by atoms with Gasteiger partial charge in [0.2, 0.25) is 0 Å². The largest absolute Gasteiger partial charge is 0.416 e. The van der Waals surface area contributed by atoms with Gasteiger partial charge in [-0.2, -0.15) is 13.2 Å². The van der Waals surface area contributed by atoms with E-state index in [4.69, 9.17) is 0 Å². The molecule has 0 fully saturated rings. The van der Waals surface area contributed by atoms with Crippen LogP contribution in [0.1, 0.15) is 21.5 Å². The number of rotatable bonds is 2. The van der Waals surface area contributed by atoms with Crippen LogP contribution in [0.3, 0.4) is 0 Å². The molecule has 0 aliphatic heterocycles. The summed E-state index contributed by atoms with van der Waals surface area (Å²) in [6.45, 7) is 0. The normalized spacial score (nSPS) is 11.4. The van der Waals surface area contributed by atoms with Gasteiger partial charge in [0.15, 0.2) is 5.78 Å². The van der Waals surface area contributed by atoms with Crippen LogP contribution in [0.15, 0.2) is 46.9 Å². The zero-order chi connectivity index (χ0) is 14.9. The number of alkyl halides is 3. The second-order valence-electron chi connectivity index (χ2n) is 4.03. The van der Waals surface area contributed by atoms with Gasteiger partial charge in [0.05, 0.1) is 11.1 Å². The van der Waals surface area contributed by atoms with Crippen molar-refractivity contribution in [3.63, 3.8) is 0 Å². The summed E-state index contributed by atoms with van der Waals surface area (Å²) in [6, 6.07) is 7.61. The third-order valence-corrected chi connectivity index (χ3v) is 3.12. The highest BCUT2D eigenvalue weighted by Crippen LogP contribution is 2.30. The molecular formula is C14H7BrF4O. The summed E-state index contributed by atoms with van der Waals surface area (Å²) < 4.78 is 51.8. The molecule has 6 heteroatoms. The maximum absolute atomic E-state index is 13.6. The van der Waals surface area contributed by atoms with Crippen LogP contribution in [-0.2, 0) is 6.18 Å². The van der Waals surface area contributed by atoms with Crippen molar-refractivity contribution in [3.8, 4) is 0 Å². The van der Waals surface area contributed by atoms with Crippen LogP contribution in [0.2, 0.25) is 0 Å². The second kappa shape index (κ2) is 5.36. The summed E-state index contributed by atoms with van der Waals surface area (Å²) >= 11 is 3.08. The summed E-state index contributed by atoms with van der Waals surface area (Å²) in [7, 11) is 0. The van der Waals surface area contributed by atoms with Crippen molar-refractivity contribution in [3.05, 3.63) is 69.4 Å². The molecule has 0 aromatic heterocycles. The van der Waals surface area contributed by atoms with Crippen molar-refractivity contribution >= 4 is 21.7 Å². The SMILES string of the molecule is O=C(c1cccc(C(F)(F)F)c1)c1cc(Br)ccc1F. The molecule has 104 valence electrons. The van der Waals surface area contributed by atoms with Gasteiger partial charge in [0.25, 0.3) is 0 Å². The van der Waals surface area contributed by atoms with E-state index in [9.17, 15) is 22.4 Å². The lowest BCUT2D eigenvalue weighted by molar-refractivity contribution is -0.137. The predicted molar refractivity (Wildman–Crippen MR) is 69.0 cm³/mol. The molecule has 0 aliphatic rings. The summed E-state index contributed by atoms with van der Waals surface area (Å²) in [4.78, 5) is 12.1. The predicted octanol–water partition coefficient (Wildman–Crippen LogP) is 4.84. The molecule has 2 rings (SSSR count). The molecule has 0 heterocycles. The van der Waals surface area contributed by atoms with Gasteiger partial charge in [0.1, 0.15) is 5.82 Å². The Labute approximate surface area is 120 Å². The van der Waals surface area contributed by atoms with Crippen LogP contribution >= 0.6 is 15.9 Å². The smallest absolute Gasteiger partial charge is 0.288 e. The van der Waals surface area contributed by atoms with E-state index in [1.165, 1.54) is 18.2 Å². The Kier molecular flexibility index (Phi) is 3.94. The standard InChI is InChI=1S/C14H7BrF4O/c15-10-4-5-12(16)11(7-10)13(20)8-2-1-3-9(6-8)14(17,18)19/h1-7H. The molecule has 0 spiro atoms. The lowest BCUT2D eigenvalue weighted by atomic mass is 10.0. The molecule has 2 aromatic carbocycles. The van der Waals surface area contributed by atoms with Crippen LogP contribution in [0.25, 0.3) is 0 Å². The first-order valence-corrected chi connectivity index (χ1v) is 6.25. The molecule has 20 heavy (non-hydrogen) atoms. The Morgan fingerprint density at radius 3 is 2.40 bits per heavy atom. The first-order chi connectivity index (χ1) is 9.29. The van der Waals surface area contributed by atoms with Crippen LogP contribution in [0.4, 0.5) is 17.6 Å². The van der Waals surface area contributed by atoms with Crippen molar-refractivity contribution in [2.24, 2.45) is 0 Å². The second-order valence-corrected chi connectivity index (χ2v) is 4.95. The zero-order valence-electron chi connectivity index (χ0n) is 9.84. The first-order valence-electron chi connectivity index (χ1n) is 5.46. The van der Waals surface area contributed by atoms with E-state index in [2.05, 4.69) is 15.9 Å². The van der Waals surface area contributed by atoms with Crippen LogP contribution in [0, 0.1) is 5.82 Å². The first kappa shape index (κ1) is 14.7. The van der Waals surface area contributed by atoms with E-state index in [0.29, 0.717) is 10.5 Å². The maximum Gasteiger partial charge on any atom is 0.416 e. The van der Waals surface area contributed by atoms with Crippen molar-refractivity contribution in [1.82, 2.24) is 0 Å². The van der Waals surface area contributed by atoms with Gasteiger partial charge in [-0.25, -0.2) is 4.39 Å². The van der Waals surface area contributed by atoms with Gasteiger partial charge >= 0.3 is 6.18 Å². The number of halogens is 5. The number of hydrogen-bond donors (Lipinski definition) is 0. The number of hydrogen-bond acceptors (Lipinski definition) is 1. The topological polar surface area (TPSA) is 17.1 Å². The van der Waals surface area contributed by atoms with Gasteiger partial charge in [-0.3, -0.25) is 4.79 Å². The minimum Gasteiger partial charge on any atom is -0.288 e. The van der Waals surface area contributed by atoms with E-state index in [1.54, 1.807) is 0 Å². The Morgan fingerprint density at radius 1 is 1.05 bits per heavy atom. The molecule has 2 aromatic rings. The molecule has 0 unspecified atom stereocenters. The van der Waals surface area contributed by atoms with Crippen LogP contribution in [-0.4, -0.2) is 5.78 Å². The quantitative estimate of drug-likeness (QED) is 0.561. The fourth-order valence-electron chi connectivity index (χ4n) is 1.66. The molecule has 0 atom stereocenters. The molecule has 0 saturated carbocycles. The highest BCUT2D eigenvalue weighted by atomic mass is 79.9. The summed E-state index contributed by atoms with van der Waals surface area (Å²) in [5, 5.41) is 0. The van der Waals surface area contributed by atoms with Crippen molar-refractivity contribution in [2.45, 2.75) is 6.18 Å². The number of ketones is 1. The van der Waals surface area contributed by atoms with E-state index >= 15 is 0 Å². The van der Waals surface area contributed by atoms with E-state index < -0.39 is 23.3 Å². The third-order valence-electron chi connectivity index (χ3n) is 2.63. The highest BCUT2D eigenvalue weighted by molar-refractivity contribution is 9.10. The van der Waals surface area contributed by atoms with Gasteiger partial charge in [-0.1, -0.05) is 28.1 Å².